The van der Waals surface area contributed by atoms with Crippen molar-refractivity contribution in [2.45, 2.75) is 153 Å². The van der Waals surface area contributed by atoms with E-state index in [1.54, 1.807) is 39.3 Å². The molecule has 3 heterocycles. The van der Waals surface area contributed by atoms with E-state index >= 15 is 0 Å². The topological polar surface area (TPSA) is 187 Å². The fourth-order valence-electron chi connectivity index (χ4n) is 9.87. The van der Waals surface area contributed by atoms with Crippen LogP contribution in [-0.2, 0) is 51.0 Å². The van der Waals surface area contributed by atoms with Gasteiger partial charge in [-0.1, -0.05) is 112 Å². The average molecular weight is 1120 g/mol. The van der Waals surface area contributed by atoms with E-state index in [0.29, 0.717) is 28.5 Å². The van der Waals surface area contributed by atoms with E-state index in [1.165, 1.54) is 38.4 Å². The Morgan fingerprint density at radius 3 is 1.69 bits per heavy atom. The number of rotatable bonds is 27. The van der Waals surface area contributed by atoms with Crippen LogP contribution in [0.4, 0.5) is 5.82 Å². The molecule has 3 aromatic carbocycles. The lowest BCUT2D eigenvalue weighted by Crippen LogP contribution is -2.61. The number of aliphatic hydroxyl groups is 1. The molecule has 0 amide bonds. The molecule has 21 heteroatoms. The molecule has 4 atom stereocenters. The third-order valence-corrected chi connectivity index (χ3v) is 21.5. The molecular weight excluding hydrogens is 1030 g/mol. The second-order valence-electron chi connectivity index (χ2n) is 21.7. The van der Waals surface area contributed by atoms with Gasteiger partial charge in [0.25, 0.3) is 6.48 Å². The van der Waals surface area contributed by atoms with E-state index in [2.05, 4.69) is 56.7 Å². The molecule has 7 rings (SSSR count). The smallest absolute Gasteiger partial charge is 0.497 e. The van der Waals surface area contributed by atoms with Crippen LogP contribution in [0.25, 0.3) is 11.2 Å². The van der Waals surface area contributed by atoms with Gasteiger partial charge in [-0.2, -0.15) is 0 Å². The maximum absolute atomic E-state index is 12.6. The van der Waals surface area contributed by atoms with Crippen LogP contribution < -0.4 is 14.8 Å². The standard InChI is InChI=1S/C56H85N5O13Si3/c1-63-35-37-67-55(68-38-36-64-2)71-51-50(62)48(39-69-77(73-75(5,6)7,74-76(8,9)10)72-47-25-21-16-14-12-11-13-15-17-22-26-47)70-54(51)61-41-59-49-52(57-40-58-53(49)61)60-56(42-23-19-18-20-24-42,43-27-31-45(65-3)32-28-43)44-29-33-46(66-4)34-30-44/h18-20,23-24,27-34,40-41,47-48,50-51,54-55,62H,11-17,21-22,25-26,35-39H2,1-10H3,(H,57,58,60)/t48-,50-,51-,54-/m1/s1. The van der Waals surface area contributed by atoms with Crippen molar-refractivity contribution in [1.29, 1.82) is 0 Å². The Bertz CT molecular complexity index is 2420. The Hall–Kier alpha value is -4.18. The highest BCUT2D eigenvalue weighted by molar-refractivity contribution is 6.83. The molecule has 424 valence electrons. The molecule has 0 bridgehead atoms. The summed E-state index contributed by atoms with van der Waals surface area (Å²) >= 11 is 0. The first-order chi connectivity index (χ1) is 37.1. The third kappa shape index (κ3) is 16.7. The van der Waals surface area contributed by atoms with Crippen LogP contribution in [0, 0.1) is 0 Å². The first kappa shape index (κ1) is 60.5. The number of imidazole rings is 1. The highest BCUT2D eigenvalue weighted by Gasteiger charge is 2.56. The van der Waals surface area contributed by atoms with Gasteiger partial charge in [0.1, 0.15) is 41.7 Å². The Balaban J connectivity index is 1.29. The van der Waals surface area contributed by atoms with Gasteiger partial charge in [0.2, 0.25) is 0 Å². The molecule has 2 aliphatic rings. The number of nitrogens with one attached hydrogen (secondary N) is 1. The molecule has 5 aromatic rings. The summed E-state index contributed by atoms with van der Waals surface area (Å²) in [4.78, 5) is 14.7. The predicted molar refractivity (Wildman–Crippen MR) is 302 cm³/mol. The summed E-state index contributed by atoms with van der Waals surface area (Å²) in [6, 6.07) is 26.0. The average Bonchev–Trinajstić information content (AvgIpc) is 4.08. The number of hydrogen-bond donors (Lipinski definition) is 2. The molecule has 1 saturated carbocycles. The number of fused-ring (bicyclic) bond motifs is 1. The maximum Gasteiger partial charge on any atom is 0.658 e. The Kier molecular flexibility index (Phi) is 22.6. The van der Waals surface area contributed by atoms with Crippen LogP contribution in [0.3, 0.4) is 0 Å². The zero-order valence-electron chi connectivity index (χ0n) is 47.1. The van der Waals surface area contributed by atoms with Crippen molar-refractivity contribution < 1.29 is 60.1 Å². The molecular formula is C56H85N5O13Si3. The highest BCUT2D eigenvalue weighted by Crippen LogP contribution is 2.43. The van der Waals surface area contributed by atoms with Crippen molar-refractivity contribution in [2.75, 3.05) is 66.8 Å². The van der Waals surface area contributed by atoms with Gasteiger partial charge in [-0.3, -0.25) is 4.57 Å². The lowest BCUT2D eigenvalue weighted by molar-refractivity contribution is -0.321. The van der Waals surface area contributed by atoms with Crippen LogP contribution in [0.5, 0.6) is 11.5 Å². The first-order valence-corrected chi connectivity index (χ1v) is 35.8. The van der Waals surface area contributed by atoms with Crippen molar-refractivity contribution in [3.8, 4) is 11.5 Å². The first-order valence-electron chi connectivity index (χ1n) is 27.3. The molecule has 2 aromatic heterocycles. The zero-order valence-corrected chi connectivity index (χ0v) is 50.1. The number of hydrogen-bond acceptors (Lipinski definition) is 17. The van der Waals surface area contributed by atoms with Gasteiger partial charge in [-0.05, 0) is 93.1 Å². The molecule has 0 radical (unpaired) electrons. The van der Waals surface area contributed by atoms with E-state index in [-0.39, 0.29) is 39.1 Å². The van der Waals surface area contributed by atoms with Gasteiger partial charge < -0.3 is 65.4 Å². The molecule has 1 aliphatic heterocycles. The number of aliphatic hydroxyl groups excluding tert-OH is 1. The minimum absolute atomic E-state index is 0.115. The van der Waals surface area contributed by atoms with Crippen LogP contribution in [0.2, 0.25) is 39.3 Å². The van der Waals surface area contributed by atoms with Gasteiger partial charge in [0.05, 0.1) is 59.7 Å². The third-order valence-electron chi connectivity index (χ3n) is 13.5. The quantitative estimate of drug-likeness (QED) is 0.0219. The zero-order chi connectivity index (χ0) is 54.9. The predicted octanol–water partition coefficient (Wildman–Crippen LogP) is 10.3. The van der Waals surface area contributed by atoms with Crippen molar-refractivity contribution in [2.24, 2.45) is 0 Å². The van der Waals surface area contributed by atoms with E-state index in [0.717, 1.165) is 55.2 Å². The molecule has 77 heavy (non-hydrogen) atoms. The van der Waals surface area contributed by atoms with Gasteiger partial charge in [-0.15, -0.1) is 0 Å². The molecule has 1 saturated heterocycles. The summed E-state index contributed by atoms with van der Waals surface area (Å²) in [6.07, 6.45) is 11.0. The minimum atomic E-state index is -3.94. The summed E-state index contributed by atoms with van der Waals surface area (Å²) in [7, 11) is -2.27. The fraction of sp³-hybridized carbons (Fsp3) is 0.589. The molecule has 0 spiro atoms. The van der Waals surface area contributed by atoms with Crippen LogP contribution in [-0.4, -0.2) is 143 Å². The molecule has 2 N–H and O–H groups in total. The molecule has 18 nitrogen and oxygen atoms in total. The largest absolute Gasteiger partial charge is 0.658 e. The van der Waals surface area contributed by atoms with Crippen LogP contribution in [0.15, 0.2) is 91.5 Å². The lowest BCUT2D eigenvalue weighted by atomic mass is 9.77. The summed E-state index contributed by atoms with van der Waals surface area (Å²) in [6.45, 7) is 12.2. The van der Waals surface area contributed by atoms with Gasteiger partial charge >= 0.3 is 9.05 Å². The van der Waals surface area contributed by atoms with Crippen molar-refractivity contribution in [1.82, 2.24) is 19.5 Å². The number of benzene rings is 3. The number of aromatic nitrogens is 4. The Morgan fingerprint density at radius 1 is 0.662 bits per heavy atom. The number of ether oxygens (including phenoxy) is 8. The highest BCUT2D eigenvalue weighted by atomic mass is 28.5. The summed E-state index contributed by atoms with van der Waals surface area (Å²) in [5.41, 5.74) is 2.53. The number of anilines is 1. The second kappa shape index (κ2) is 28.8. The molecule has 0 unspecified atom stereocenters. The number of nitrogens with zero attached hydrogens (tertiary/aromatic N) is 4. The summed E-state index contributed by atoms with van der Waals surface area (Å²) < 4.78 is 77.7. The van der Waals surface area contributed by atoms with E-state index in [9.17, 15) is 5.11 Å². The van der Waals surface area contributed by atoms with E-state index < -0.39 is 62.2 Å². The normalized spacial score (nSPS) is 19.8. The summed E-state index contributed by atoms with van der Waals surface area (Å²) in [5.74, 6) is 1.85. The van der Waals surface area contributed by atoms with Gasteiger partial charge in [-0.25, -0.2) is 15.0 Å². The molecule has 2 fully saturated rings. The Morgan fingerprint density at radius 2 is 1.18 bits per heavy atom. The SMILES string of the molecule is COCCOC(OCCOC)O[C@@H]1[C@H](O)[C@@H](CO[Si](OC2CCCCCCCCCCC2)(O[Si](C)(C)C)O[Si](C)(C)C)O[C@H]1n1cnc2c(NC(c3ccccc3)(c3ccc(OC)cc3)c3ccc(OC)cc3)ncnc21. The maximum atomic E-state index is 12.6. The van der Waals surface area contributed by atoms with Crippen molar-refractivity contribution in [3.63, 3.8) is 0 Å². The number of methoxy groups -OCH3 is 4. The summed E-state index contributed by atoms with van der Waals surface area (Å²) in [5, 5.41) is 16.5. The van der Waals surface area contributed by atoms with Gasteiger partial charge in [0, 0.05) is 14.2 Å². The lowest BCUT2D eigenvalue weighted by Gasteiger charge is -2.40. The second-order valence-corrected chi connectivity index (χ2v) is 33.3. The Labute approximate surface area is 459 Å². The fourth-order valence-corrected chi connectivity index (χ4v) is 18.4. The van der Waals surface area contributed by atoms with Crippen molar-refractivity contribution in [3.05, 3.63) is 108 Å². The van der Waals surface area contributed by atoms with Crippen molar-refractivity contribution >= 4 is 42.7 Å². The monoisotopic (exact) mass is 1120 g/mol. The minimum Gasteiger partial charge on any atom is -0.497 e. The van der Waals surface area contributed by atoms with E-state index in [1.807, 2.05) is 66.7 Å². The van der Waals surface area contributed by atoms with Crippen LogP contribution in [0.1, 0.15) is 93.5 Å². The van der Waals surface area contributed by atoms with Crippen LogP contribution >= 0.6 is 0 Å². The molecule has 1 aliphatic carbocycles. The van der Waals surface area contributed by atoms with E-state index in [4.69, 9.17) is 69.9 Å². The van der Waals surface area contributed by atoms with Gasteiger partial charge in [0.15, 0.2) is 39.8 Å².